The van der Waals surface area contributed by atoms with E-state index in [1.165, 1.54) is 6.07 Å². The Hall–Kier alpha value is -1.82. The van der Waals surface area contributed by atoms with Crippen LogP contribution in [0.3, 0.4) is 0 Å². The van der Waals surface area contributed by atoms with E-state index in [2.05, 4.69) is 5.32 Å². The molecule has 1 aromatic carbocycles. The molecule has 124 valence electrons. The van der Waals surface area contributed by atoms with Crippen molar-refractivity contribution in [1.82, 2.24) is 10.2 Å². The molecule has 0 aliphatic rings. The van der Waals surface area contributed by atoms with Crippen LogP contribution in [0.2, 0.25) is 0 Å². The molecule has 0 aromatic heterocycles. The molecule has 1 aromatic rings. The normalized spacial score (nSPS) is 11.3. The number of hydrogen-bond acceptors (Lipinski definition) is 4. The number of carbonyl (C=O) groups is 1. The fraction of sp³-hybridized carbons (Fsp3) is 0.562. The maximum atomic E-state index is 13.2. The third kappa shape index (κ3) is 5.89. The highest BCUT2D eigenvalue weighted by Crippen LogP contribution is 2.20. The molecule has 0 aliphatic carbocycles. The van der Waals surface area contributed by atoms with Crippen LogP contribution in [0.15, 0.2) is 18.2 Å². The second-order valence-electron chi connectivity index (χ2n) is 5.98. The van der Waals surface area contributed by atoms with Crippen LogP contribution in [0.4, 0.5) is 9.18 Å². The smallest absolute Gasteiger partial charge is 0.410 e. The Morgan fingerprint density at radius 2 is 2.09 bits per heavy atom. The molecule has 2 N–H and O–H groups in total. The molecule has 0 spiro atoms. The van der Waals surface area contributed by atoms with Gasteiger partial charge < -0.3 is 20.1 Å². The van der Waals surface area contributed by atoms with E-state index in [9.17, 15) is 14.3 Å². The van der Waals surface area contributed by atoms with E-state index in [0.717, 1.165) is 0 Å². The van der Waals surface area contributed by atoms with Gasteiger partial charge in [-0.3, -0.25) is 0 Å². The fourth-order valence-corrected chi connectivity index (χ4v) is 1.84. The first kappa shape index (κ1) is 18.2. The maximum Gasteiger partial charge on any atom is 0.410 e. The number of halogens is 1. The number of aromatic hydroxyl groups is 1. The Morgan fingerprint density at radius 1 is 1.41 bits per heavy atom. The van der Waals surface area contributed by atoms with Crippen LogP contribution in [0, 0.1) is 5.82 Å². The van der Waals surface area contributed by atoms with Crippen LogP contribution in [0.1, 0.15) is 33.3 Å². The molecular formula is C16H25FN2O3. The van der Waals surface area contributed by atoms with E-state index < -0.39 is 11.4 Å². The lowest BCUT2D eigenvalue weighted by Crippen LogP contribution is -2.40. The van der Waals surface area contributed by atoms with Gasteiger partial charge >= 0.3 is 6.09 Å². The van der Waals surface area contributed by atoms with E-state index in [0.29, 0.717) is 31.7 Å². The van der Waals surface area contributed by atoms with Crippen molar-refractivity contribution in [2.45, 2.75) is 39.8 Å². The van der Waals surface area contributed by atoms with Gasteiger partial charge in [0.15, 0.2) is 11.6 Å². The van der Waals surface area contributed by atoms with Crippen molar-refractivity contribution in [3.8, 4) is 5.75 Å². The van der Waals surface area contributed by atoms with E-state index in [4.69, 9.17) is 4.74 Å². The van der Waals surface area contributed by atoms with Crippen molar-refractivity contribution >= 4 is 6.09 Å². The van der Waals surface area contributed by atoms with E-state index in [-0.39, 0.29) is 11.8 Å². The minimum atomic E-state index is -0.636. The molecule has 0 fully saturated rings. The lowest BCUT2D eigenvalue weighted by Gasteiger charge is -2.26. The lowest BCUT2D eigenvalue weighted by atomic mass is 10.2. The van der Waals surface area contributed by atoms with Gasteiger partial charge in [-0.15, -0.1) is 0 Å². The van der Waals surface area contributed by atoms with Crippen molar-refractivity contribution in [2.75, 3.05) is 19.6 Å². The van der Waals surface area contributed by atoms with Gasteiger partial charge in [0.05, 0.1) is 0 Å². The van der Waals surface area contributed by atoms with Gasteiger partial charge in [0, 0.05) is 31.7 Å². The van der Waals surface area contributed by atoms with Crippen LogP contribution >= 0.6 is 0 Å². The van der Waals surface area contributed by atoms with Gasteiger partial charge in [-0.1, -0.05) is 12.1 Å². The predicted molar refractivity (Wildman–Crippen MR) is 83.3 cm³/mol. The Bertz CT molecular complexity index is 501. The number of nitrogens with one attached hydrogen (secondary N) is 1. The number of rotatable bonds is 6. The summed E-state index contributed by atoms with van der Waals surface area (Å²) in [4.78, 5) is 13.5. The molecule has 0 atom stereocenters. The molecule has 0 unspecified atom stereocenters. The molecule has 5 nitrogen and oxygen atoms in total. The zero-order chi connectivity index (χ0) is 16.8. The first-order chi connectivity index (χ1) is 10.2. The fourth-order valence-electron chi connectivity index (χ4n) is 1.84. The molecule has 0 radical (unpaired) electrons. The maximum absolute atomic E-state index is 13.2. The molecule has 0 bridgehead atoms. The minimum Gasteiger partial charge on any atom is -0.505 e. The van der Waals surface area contributed by atoms with Crippen LogP contribution in [0.25, 0.3) is 0 Å². The third-order valence-electron chi connectivity index (χ3n) is 2.98. The average Bonchev–Trinajstić information content (AvgIpc) is 2.41. The van der Waals surface area contributed by atoms with Crippen LogP contribution in [0.5, 0.6) is 5.75 Å². The Kier molecular flexibility index (Phi) is 6.61. The highest BCUT2D eigenvalue weighted by molar-refractivity contribution is 5.68. The number of para-hydroxylation sites is 1. The summed E-state index contributed by atoms with van der Waals surface area (Å²) in [6.07, 6.45) is -0.356. The summed E-state index contributed by atoms with van der Waals surface area (Å²) in [5.74, 6) is -0.974. The monoisotopic (exact) mass is 312 g/mol. The number of amides is 1. The molecule has 1 rings (SSSR count). The summed E-state index contributed by atoms with van der Waals surface area (Å²) in [5, 5.41) is 12.6. The van der Waals surface area contributed by atoms with Crippen molar-refractivity contribution in [3.63, 3.8) is 0 Å². The molecule has 0 aliphatic heterocycles. The minimum absolute atomic E-state index is 0.329. The number of likely N-dealkylation sites (N-methyl/N-ethyl adjacent to an activating group) is 1. The zero-order valence-corrected chi connectivity index (χ0v) is 13.6. The van der Waals surface area contributed by atoms with Gasteiger partial charge in [0.2, 0.25) is 0 Å². The molecule has 0 saturated carbocycles. The Balaban J connectivity index is 2.42. The third-order valence-corrected chi connectivity index (χ3v) is 2.98. The number of nitrogens with zero attached hydrogens (tertiary/aromatic N) is 1. The molecule has 22 heavy (non-hydrogen) atoms. The van der Waals surface area contributed by atoms with Gasteiger partial charge in [-0.2, -0.15) is 0 Å². The second-order valence-corrected chi connectivity index (χ2v) is 5.98. The van der Waals surface area contributed by atoms with Crippen LogP contribution < -0.4 is 5.32 Å². The highest BCUT2D eigenvalue weighted by atomic mass is 19.1. The van der Waals surface area contributed by atoms with Crippen molar-refractivity contribution in [3.05, 3.63) is 29.6 Å². The average molecular weight is 312 g/mol. The zero-order valence-electron chi connectivity index (χ0n) is 13.6. The van der Waals surface area contributed by atoms with Gasteiger partial charge in [0.25, 0.3) is 0 Å². The van der Waals surface area contributed by atoms with E-state index in [1.807, 2.05) is 27.7 Å². The second kappa shape index (κ2) is 7.98. The molecule has 0 saturated heterocycles. The standard InChI is InChI=1S/C16H25FN2O3/c1-5-19(15(21)22-16(2,3)4)10-9-18-11-12-7-6-8-13(17)14(12)20/h6-8,18,20H,5,9-11H2,1-4H3. The number of carbonyl (C=O) groups excluding carboxylic acids is 1. The summed E-state index contributed by atoms with van der Waals surface area (Å²) in [6, 6.07) is 4.40. The number of phenols is 1. The van der Waals surface area contributed by atoms with Crippen LogP contribution in [-0.2, 0) is 11.3 Å². The molecule has 1 amide bonds. The molecule has 0 heterocycles. The summed E-state index contributed by atoms with van der Waals surface area (Å²) in [6.45, 7) is 9.21. The summed E-state index contributed by atoms with van der Waals surface area (Å²) in [5.41, 5.74) is -0.0361. The predicted octanol–water partition coefficient (Wildman–Crippen LogP) is 2.88. The number of benzene rings is 1. The Labute approximate surface area is 131 Å². The summed E-state index contributed by atoms with van der Waals surface area (Å²) in [7, 11) is 0. The SMILES string of the molecule is CCN(CCNCc1cccc(F)c1O)C(=O)OC(C)(C)C. The summed E-state index contributed by atoms with van der Waals surface area (Å²) >= 11 is 0. The molecule has 6 heteroatoms. The van der Waals surface area contributed by atoms with E-state index >= 15 is 0 Å². The number of ether oxygens (including phenoxy) is 1. The first-order valence-corrected chi connectivity index (χ1v) is 7.39. The van der Waals surface area contributed by atoms with Gasteiger partial charge in [-0.05, 0) is 33.8 Å². The highest BCUT2D eigenvalue weighted by Gasteiger charge is 2.20. The Morgan fingerprint density at radius 3 is 2.68 bits per heavy atom. The van der Waals surface area contributed by atoms with Crippen molar-refractivity contribution in [2.24, 2.45) is 0 Å². The lowest BCUT2D eigenvalue weighted by molar-refractivity contribution is 0.0262. The number of hydrogen-bond donors (Lipinski definition) is 2. The largest absolute Gasteiger partial charge is 0.505 e. The molecular weight excluding hydrogens is 287 g/mol. The van der Waals surface area contributed by atoms with Crippen molar-refractivity contribution < 1.29 is 19.0 Å². The summed E-state index contributed by atoms with van der Waals surface area (Å²) < 4.78 is 18.5. The van der Waals surface area contributed by atoms with Crippen LogP contribution in [-0.4, -0.2) is 41.3 Å². The van der Waals surface area contributed by atoms with Gasteiger partial charge in [-0.25, -0.2) is 9.18 Å². The number of phenolic OH excluding ortho intramolecular Hbond substituents is 1. The quantitative estimate of drug-likeness (QED) is 0.793. The van der Waals surface area contributed by atoms with Crippen molar-refractivity contribution in [1.29, 1.82) is 0 Å². The first-order valence-electron chi connectivity index (χ1n) is 7.39. The van der Waals surface area contributed by atoms with Gasteiger partial charge in [0.1, 0.15) is 5.60 Å². The topological polar surface area (TPSA) is 61.8 Å². The van der Waals surface area contributed by atoms with E-state index in [1.54, 1.807) is 17.0 Å².